The Morgan fingerprint density at radius 1 is 1.15 bits per heavy atom. The molecule has 3 heteroatoms. The number of hydrogen-bond acceptors (Lipinski definition) is 2. The number of halogens is 1. The van der Waals surface area contributed by atoms with Crippen molar-refractivity contribution < 1.29 is 4.39 Å². The molecule has 1 atom stereocenters. The zero-order valence-corrected chi connectivity index (χ0v) is 11.6. The molecule has 0 saturated heterocycles. The first-order chi connectivity index (χ1) is 9.74. The lowest BCUT2D eigenvalue weighted by Gasteiger charge is -2.38. The van der Waals surface area contributed by atoms with Crippen molar-refractivity contribution in [1.82, 2.24) is 10.3 Å². The maximum Gasteiger partial charge on any atom is 0.126 e. The van der Waals surface area contributed by atoms with Crippen LogP contribution in [-0.2, 0) is 0 Å². The molecule has 0 amide bonds. The van der Waals surface area contributed by atoms with Gasteiger partial charge in [0, 0.05) is 18.3 Å². The Morgan fingerprint density at radius 2 is 1.90 bits per heavy atom. The van der Waals surface area contributed by atoms with Crippen molar-refractivity contribution in [3.8, 4) is 0 Å². The molecule has 3 rings (SSSR count). The predicted octanol–water partition coefficient (Wildman–Crippen LogP) is 3.82. The Hall–Kier alpha value is -1.74. The maximum absolute atomic E-state index is 13.7. The third-order valence-corrected chi connectivity index (χ3v) is 4.10. The van der Waals surface area contributed by atoms with E-state index < -0.39 is 0 Å². The van der Waals surface area contributed by atoms with E-state index in [1.54, 1.807) is 12.1 Å². The summed E-state index contributed by atoms with van der Waals surface area (Å²) in [5.74, 6) is 0.276. The first-order valence-corrected chi connectivity index (χ1v) is 7.15. The number of rotatable bonds is 4. The van der Waals surface area contributed by atoms with Gasteiger partial charge in [-0.15, -0.1) is 0 Å². The summed E-state index contributed by atoms with van der Waals surface area (Å²) >= 11 is 0. The zero-order chi connectivity index (χ0) is 13.9. The van der Waals surface area contributed by atoms with Crippen molar-refractivity contribution in [3.63, 3.8) is 0 Å². The molecule has 0 spiro atoms. The highest BCUT2D eigenvalue weighted by Crippen LogP contribution is 2.38. The van der Waals surface area contributed by atoms with Crippen LogP contribution in [0.3, 0.4) is 0 Å². The predicted molar refractivity (Wildman–Crippen MR) is 78.0 cm³/mol. The SMILES string of the molecule is C[C@@H](NC1CC(c2ccccc2F)C1)c1ccccn1. The third-order valence-electron chi connectivity index (χ3n) is 4.10. The zero-order valence-electron chi connectivity index (χ0n) is 11.6. The summed E-state index contributed by atoms with van der Waals surface area (Å²) in [6, 6.07) is 13.8. The van der Waals surface area contributed by atoms with E-state index >= 15 is 0 Å². The molecule has 0 radical (unpaired) electrons. The van der Waals surface area contributed by atoms with Gasteiger partial charge in [-0.3, -0.25) is 4.98 Å². The quantitative estimate of drug-likeness (QED) is 0.913. The molecule has 1 aromatic heterocycles. The van der Waals surface area contributed by atoms with Crippen LogP contribution in [0.15, 0.2) is 48.7 Å². The first kappa shape index (κ1) is 13.3. The maximum atomic E-state index is 13.7. The molecular formula is C17H19FN2. The molecule has 20 heavy (non-hydrogen) atoms. The van der Waals surface area contributed by atoms with Gasteiger partial charge in [-0.05, 0) is 49.4 Å². The lowest BCUT2D eigenvalue weighted by atomic mass is 9.75. The number of nitrogens with one attached hydrogen (secondary N) is 1. The molecule has 0 bridgehead atoms. The minimum atomic E-state index is -0.0753. The fourth-order valence-electron chi connectivity index (χ4n) is 2.89. The highest BCUT2D eigenvalue weighted by molar-refractivity contribution is 5.25. The van der Waals surface area contributed by atoms with Crippen molar-refractivity contribution >= 4 is 0 Å². The highest BCUT2D eigenvalue weighted by atomic mass is 19.1. The van der Waals surface area contributed by atoms with Crippen molar-refractivity contribution in [2.75, 3.05) is 0 Å². The monoisotopic (exact) mass is 270 g/mol. The van der Waals surface area contributed by atoms with E-state index in [1.807, 2.05) is 36.5 Å². The number of pyridine rings is 1. The number of hydrogen-bond donors (Lipinski definition) is 1. The second-order valence-electron chi connectivity index (χ2n) is 5.53. The fraction of sp³-hybridized carbons (Fsp3) is 0.353. The molecular weight excluding hydrogens is 251 g/mol. The smallest absolute Gasteiger partial charge is 0.126 e. The summed E-state index contributed by atoms with van der Waals surface area (Å²) in [6.07, 6.45) is 3.81. The fourth-order valence-corrected chi connectivity index (χ4v) is 2.89. The summed E-state index contributed by atoms with van der Waals surface area (Å²) in [7, 11) is 0. The minimum Gasteiger partial charge on any atom is -0.306 e. The molecule has 1 N–H and O–H groups in total. The topological polar surface area (TPSA) is 24.9 Å². The Morgan fingerprint density at radius 3 is 2.60 bits per heavy atom. The summed E-state index contributed by atoms with van der Waals surface area (Å²) in [4.78, 5) is 4.36. The van der Waals surface area contributed by atoms with E-state index in [-0.39, 0.29) is 11.9 Å². The van der Waals surface area contributed by atoms with Crippen molar-refractivity contribution in [1.29, 1.82) is 0 Å². The lowest BCUT2D eigenvalue weighted by molar-refractivity contribution is 0.265. The van der Waals surface area contributed by atoms with Crippen LogP contribution in [0.2, 0.25) is 0 Å². The molecule has 2 nitrogen and oxygen atoms in total. The van der Waals surface area contributed by atoms with Crippen LogP contribution in [0.25, 0.3) is 0 Å². The Labute approximate surface area is 119 Å². The van der Waals surface area contributed by atoms with Gasteiger partial charge in [-0.1, -0.05) is 24.3 Å². The van der Waals surface area contributed by atoms with Gasteiger partial charge < -0.3 is 5.32 Å². The standard InChI is InChI=1S/C17H19FN2/c1-12(17-8-4-5-9-19-17)20-14-10-13(11-14)15-6-2-3-7-16(15)18/h2-9,12-14,20H,10-11H2,1H3/t12-,13?,14?/m1/s1. The van der Waals surface area contributed by atoms with Crippen LogP contribution in [0.5, 0.6) is 0 Å². The molecule has 1 saturated carbocycles. The number of benzene rings is 1. The Kier molecular flexibility index (Phi) is 3.79. The molecule has 1 aromatic carbocycles. The van der Waals surface area contributed by atoms with Crippen LogP contribution in [-0.4, -0.2) is 11.0 Å². The van der Waals surface area contributed by atoms with Gasteiger partial charge in [0.25, 0.3) is 0 Å². The summed E-state index contributed by atoms with van der Waals surface area (Å²) in [5, 5.41) is 3.57. The van der Waals surface area contributed by atoms with E-state index in [2.05, 4.69) is 17.2 Å². The van der Waals surface area contributed by atoms with Gasteiger partial charge in [0.1, 0.15) is 5.82 Å². The molecule has 104 valence electrons. The van der Waals surface area contributed by atoms with Crippen LogP contribution >= 0.6 is 0 Å². The Balaban J connectivity index is 1.55. The van der Waals surface area contributed by atoms with Gasteiger partial charge in [-0.2, -0.15) is 0 Å². The minimum absolute atomic E-state index is 0.0753. The summed E-state index contributed by atoms with van der Waals surface area (Å²) < 4.78 is 13.7. The lowest BCUT2D eigenvalue weighted by Crippen LogP contribution is -2.41. The molecule has 1 heterocycles. The van der Waals surface area contributed by atoms with Gasteiger partial charge in [0.15, 0.2) is 0 Å². The molecule has 2 aromatic rings. The van der Waals surface area contributed by atoms with E-state index in [0.29, 0.717) is 12.0 Å². The second kappa shape index (κ2) is 5.71. The van der Waals surface area contributed by atoms with E-state index in [1.165, 1.54) is 0 Å². The van der Waals surface area contributed by atoms with Crippen LogP contribution in [0.1, 0.15) is 43.0 Å². The average molecular weight is 270 g/mol. The highest BCUT2D eigenvalue weighted by Gasteiger charge is 2.32. The summed E-state index contributed by atoms with van der Waals surface area (Å²) in [6.45, 7) is 2.12. The van der Waals surface area contributed by atoms with Crippen LogP contribution < -0.4 is 5.32 Å². The molecule has 1 aliphatic carbocycles. The van der Waals surface area contributed by atoms with E-state index in [0.717, 1.165) is 24.1 Å². The van der Waals surface area contributed by atoms with Crippen LogP contribution in [0.4, 0.5) is 4.39 Å². The van der Waals surface area contributed by atoms with Gasteiger partial charge >= 0.3 is 0 Å². The van der Waals surface area contributed by atoms with Crippen LogP contribution in [0, 0.1) is 5.82 Å². The van der Waals surface area contributed by atoms with Gasteiger partial charge in [0.05, 0.1) is 5.69 Å². The summed E-state index contributed by atoms with van der Waals surface area (Å²) in [5.41, 5.74) is 1.91. The number of aromatic nitrogens is 1. The largest absolute Gasteiger partial charge is 0.306 e. The average Bonchev–Trinajstić information content (AvgIpc) is 2.44. The molecule has 0 unspecified atom stereocenters. The van der Waals surface area contributed by atoms with Crippen molar-refractivity contribution in [2.45, 2.75) is 37.8 Å². The molecule has 0 aliphatic heterocycles. The molecule has 1 fully saturated rings. The van der Waals surface area contributed by atoms with Crippen molar-refractivity contribution in [3.05, 3.63) is 65.7 Å². The number of nitrogens with zero attached hydrogens (tertiary/aromatic N) is 1. The van der Waals surface area contributed by atoms with Gasteiger partial charge in [-0.25, -0.2) is 4.39 Å². The normalized spacial score (nSPS) is 23.1. The van der Waals surface area contributed by atoms with E-state index in [9.17, 15) is 4.39 Å². The first-order valence-electron chi connectivity index (χ1n) is 7.15. The molecule has 1 aliphatic rings. The Bertz CT molecular complexity index is 564. The van der Waals surface area contributed by atoms with E-state index in [4.69, 9.17) is 0 Å². The van der Waals surface area contributed by atoms with Crippen molar-refractivity contribution in [2.24, 2.45) is 0 Å². The third kappa shape index (κ3) is 2.73. The second-order valence-corrected chi connectivity index (χ2v) is 5.53. The van der Waals surface area contributed by atoms with Gasteiger partial charge in [0.2, 0.25) is 0 Å².